The number of imide groups is 1. The number of amides is 4. The van der Waals surface area contributed by atoms with Crippen LogP contribution in [0.4, 0.5) is 4.79 Å². The third kappa shape index (κ3) is 5.71. The van der Waals surface area contributed by atoms with Crippen LogP contribution in [0.5, 0.6) is 23.0 Å². The van der Waals surface area contributed by atoms with E-state index in [2.05, 4.69) is 10.6 Å². The summed E-state index contributed by atoms with van der Waals surface area (Å²) in [6.45, 7) is -0.113. The van der Waals surface area contributed by atoms with Crippen LogP contribution in [0.2, 0.25) is 0 Å². The van der Waals surface area contributed by atoms with Gasteiger partial charge in [0.05, 0.1) is 25.7 Å². The van der Waals surface area contributed by atoms with Crippen molar-refractivity contribution >= 4 is 40.8 Å². The second kappa shape index (κ2) is 11.0. The zero-order chi connectivity index (χ0) is 25.7. The van der Waals surface area contributed by atoms with Gasteiger partial charge in [0, 0.05) is 24.7 Å². The molecule has 2 aromatic carbocycles. The van der Waals surface area contributed by atoms with Gasteiger partial charge in [0.1, 0.15) is 11.5 Å². The Balaban J connectivity index is 1.25. The van der Waals surface area contributed by atoms with Crippen LogP contribution in [0, 0.1) is 0 Å². The summed E-state index contributed by atoms with van der Waals surface area (Å²) in [5.41, 5.74) is 0.966. The van der Waals surface area contributed by atoms with E-state index in [1.807, 2.05) is 0 Å². The van der Waals surface area contributed by atoms with Gasteiger partial charge in [-0.2, -0.15) is 0 Å². The monoisotopic (exact) mass is 513 g/mol. The van der Waals surface area contributed by atoms with Gasteiger partial charge >= 0.3 is 0 Å². The lowest BCUT2D eigenvalue weighted by Gasteiger charge is -2.13. The van der Waals surface area contributed by atoms with Gasteiger partial charge < -0.3 is 29.6 Å². The van der Waals surface area contributed by atoms with Crippen molar-refractivity contribution in [2.75, 3.05) is 40.6 Å². The molecule has 4 rings (SSSR count). The fourth-order valence-electron chi connectivity index (χ4n) is 3.42. The molecule has 188 valence electrons. The minimum absolute atomic E-state index is 0.00405. The molecule has 1 saturated heterocycles. The first-order chi connectivity index (χ1) is 17.4. The van der Waals surface area contributed by atoms with E-state index in [0.717, 1.165) is 16.7 Å². The third-order valence-corrected chi connectivity index (χ3v) is 6.16. The Hall–Kier alpha value is -4.19. The highest BCUT2D eigenvalue weighted by Crippen LogP contribution is 2.36. The number of methoxy groups -OCH3 is 2. The number of benzene rings is 2. The SMILES string of the molecule is COc1cc(OC)cc(C(=O)NCC(=O)NCCN2C(=O)SC(=Cc3ccc4c(c3)OCO4)C2=O)c1. The lowest BCUT2D eigenvalue weighted by atomic mass is 10.2. The normalized spacial score (nSPS) is 15.3. The highest BCUT2D eigenvalue weighted by Gasteiger charge is 2.34. The summed E-state index contributed by atoms with van der Waals surface area (Å²) >= 11 is 0.823. The number of hydrogen-bond donors (Lipinski definition) is 2. The van der Waals surface area contributed by atoms with Crippen LogP contribution in [0.15, 0.2) is 41.3 Å². The van der Waals surface area contributed by atoms with E-state index in [9.17, 15) is 19.2 Å². The van der Waals surface area contributed by atoms with Crippen molar-refractivity contribution in [3.8, 4) is 23.0 Å². The van der Waals surface area contributed by atoms with E-state index < -0.39 is 23.0 Å². The maximum Gasteiger partial charge on any atom is 0.293 e. The lowest BCUT2D eigenvalue weighted by Crippen LogP contribution is -2.41. The van der Waals surface area contributed by atoms with Gasteiger partial charge in [0.2, 0.25) is 12.7 Å². The molecule has 2 aliphatic rings. The molecule has 11 nitrogen and oxygen atoms in total. The number of thioether (sulfide) groups is 1. The summed E-state index contributed by atoms with van der Waals surface area (Å²) in [5.74, 6) is 0.668. The van der Waals surface area contributed by atoms with Gasteiger partial charge in [0.25, 0.3) is 17.1 Å². The molecule has 2 aliphatic heterocycles. The minimum atomic E-state index is -0.484. The summed E-state index contributed by atoms with van der Waals surface area (Å²) in [7, 11) is 2.93. The van der Waals surface area contributed by atoms with Gasteiger partial charge in [-0.05, 0) is 47.7 Å². The molecule has 36 heavy (non-hydrogen) atoms. The van der Waals surface area contributed by atoms with Gasteiger partial charge in [-0.15, -0.1) is 0 Å². The average molecular weight is 514 g/mol. The van der Waals surface area contributed by atoms with Crippen molar-refractivity contribution in [1.82, 2.24) is 15.5 Å². The number of nitrogens with one attached hydrogen (secondary N) is 2. The van der Waals surface area contributed by atoms with E-state index in [-0.39, 0.29) is 36.9 Å². The quantitative estimate of drug-likeness (QED) is 0.483. The van der Waals surface area contributed by atoms with E-state index in [1.54, 1.807) is 30.3 Å². The van der Waals surface area contributed by atoms with E-state index in [1.165, 1.54) is 26.4 Å². The van der Waals surface area contributed by atoms with Gasteiger partial charge in [-0.25, -0.2) is 0 Å². The summed E-state index contributed by atoms with van der Waals surface area (Å²) in [4.78, 5) is 50.9. The Bertz CT molecular complexity index is 1220. The maximum absolute atomic E-state index is 12.7. The molecule has 2 heterocycles. The van der Waals surface area contributed by atoms with Crippen molar-refractivity contribution in [1.29, 1.82) is 0 Å². The molecule has 0 aliphatic carbocycles. The average Bonchev–Trinajstić information content (AvgIpc) is 3.46. The molecule has 0 aromatic heterocycles. The van der Waals surface area contributed by atoms with Crippen molar-refractivity contribution in [2.24, 2.45) is 0 Å². The molecule has 0 radical (unpaired) electrons. The van der Waals surface area contributed by atoms with Crippen molar-refractivity contribution in [3.05, 3.63) is 52.4 Å². The molecular weight excluding hydrogens is 490 g/mol. The fourth-order valence-corrected chi connectivity index (χ4v) is 4.28. The highest BCUT2D eigenvalue weighted by molar-refractivity contribution is 8.18. The standard InChI is InChI=1S/C24H23N3O8S/c1-32-16-9-15(10-17(11-16)33-2)22(29)26-12-21(28)25-5-6-27-23(30)20(36-24(27)31)8-14-3-4-18-19(7-14)35-13-34-18/h3-4,7-11H,5-6,12-13H2,1-2H3,(H,25,28)(H,26,29). The van der Waals surface area contributed by atoms with Crippen LogP contribution in [0.1, 0.15) is 15.9 Å². The molecular formula is C24H23N3O8S. The predicted molar refractivity (Wildman–Crippen MR) is 130 cm³/mol. The van der Waals surface area contributed by atoms with Crippen LogP contribution in [-0.4, -0.2) is 68.5 Å². The molecule has 12 heteroatoms. The van der Waals surface area contributed by atoms with Crippen molar-refractivity contribution in [2.45, 2.75) is 0 Å². The molecule has 0 atom stereocenters. The Labute approximate surface area is 210 Å². The molecule has 2 aromatic rings. The summed E-state index contributed by atoms with van der Waals surface area (Å²) in [6, 6.07) is 9.89. The zero-order valence-corrected chi connectivity index (χ0v) is 20.3. The largest absolute Gasteiger partial charge is 0.497 e. The molecule has 1 fully saturated rings. The predicted octanol–water partition coefficient (Wildman–Crippen LogP) is 2.01. The fraction of sp³-hybridized carbons (Fsp3) is 0.250. The van der Waals surface area contributed by atoms with Crippen LogP contribution in [0.25, 0.3) is 6.08 Å². The Morgan fingerprint density at radius 1 is 1.03 bits per heavy atom. The highest BCUT2D eigenvalue weighted by atomic mass is 32.2. The number of nitrogens with zero attached hydrogens (tertiary/aromatic N) is 1. The van der Waals surface area contributed by atoms with Crippen LogP contribution < -0.4 is 29.6 Å². The topological polar surface area (TPSA) is 132 Å². The van der Waals surface area contributed by atoms with Crippen LogP contribution >= 0.6 is 11.8 Å². The zero-order valence-electron chi connectivity index (χ0n) is 19.5. The Morgan fingerprint density at radius 2 is 1.75 bits per heavy atom. The Morgan fingerprint density at radius 3 is 2.47 bits per heavy atom. The third-order valence-electron chi connectivity index (χ3n) is 5.25. The number of carbonyl (C=O) groups excluding carboxylic acids is 4. The van der Waals surface area contributed by atoms with Crippen molar-refractivity contribution in [3.63, 3.8) is 0 Å². The van der Waals surface area contributed by atoms with Gasteiger partial charge in [0.15, 0.2) is 11.5 Å². The van der Waals surface area contributed by atoms with Gasteiger partial charge in [-0.1, -0.05) is 6.07 Å². The summed E-state index contributed by atoms with van der Waals surface area (Å²) in [5, 5.41) is 4.67. The minimum Gasteiger partial charge on any atom is -0.497 e. The number of fused-ring (bicyclic) bond motifs is 1. The molecule has 0 unspecified atom stereocenters. The molecule has 2 N–H and O–H groups in total. The molecule has 0 spiro atoms. The molecule has 0 bridgehead atoms. The summed E-state index contributed by atoms with van der Waals surface area (Å²) in [6.07, 6.45) is 1.61. The summed E-state index contributed by atoms with van der Waals surface area (Å²) < 4.78 is 20.9. The lowest BCUT2D eigenvalue weighted by molar-refractivity contribution is -0.124. The van der Waals surface area contributed by atoms with Crippen LogP contribution in [0.3, 0.4) is 0 Å². The first-order valence-corrected chi connectivity index (χ1v) is 11.6. The smallest absolute Gasteiger partial charge is 0.293 e. The van der Waals surface area contributed by atoms with E-state index >= 15 is 0 Å². The molecule has 0 saturated carbocycles. The number of hydrogen-bond acceptors (Lipinski definition) is 9. The van der Waals surface area contributed by atoms with E-state index in [0.29, 0.717) is 28.6 Å². The second-order valence-corrected chi connectivity index (χ2v) is 8.57. The Kier molecular flexibility index (Phi) is 7.64. The number of rotatable bonds is 9. The molecule has 4 amide bonds. The van der Waals surface area contributed by atoms with E-state index in [4.69, 9.17) is 18.9 Å². The van der Waals surface area contributed by atoms with Crippen molar-refractivity contribution < 1.29 is 38.1 Å². The van der Waals surface area contributed by atoms with Gasteiger partial charge in [-0.3, -0.25) is 24.1 Å². The van der Waals surface area contributed by atoms with Crippen LogP contribution in [-0.2, 0) is 9.59 Å². The first-order valence-electron chi connectivity index (χ1n) is 10.8. The maximum atomic E-state index is 12.7. The number of carbonyl (C=O) groups is 4. The number of ether oxygens (including phenoxy) is 4. The first kappa shape index (κ1) is 24.9. The second-order valence-electron chi connectivity index (χ2n) is 7.58.